The molecule has 1 aliphatic heterocycles. The number of anilines is 1. The van der Waals surface area contributed by atoms with Gasteiger partial charge < -0.3 is 14.2 Å². The van der Waals surface area contributed by atoms with Crippen LogP contribution in [0.1, 0.15) is 17.3 Å². The monoisotopic (exact) mass is 286 g/mol. The summed E-state index contributed by atoms with van der Waals surface area (Å²) < 4.78 is 5.23. The molecule has 3 rings (SSSR count). The van der Waals surface area contributed by atoms with E-state index in [-0.39, 0.29) is 5.56 Å². The van der Waals surface area contributed by atoms with E-state index in [2.05, 4.69) is 16.7 Å². The zero-order valence-electron chi connectivity index (χ0n) is 12.0. The molecule has 0 unspecified atom stereocenters. The van der Waals surface area contributed by atoms with Gasteiger partial charge in [0.05, 0.1) is 5.69 Å². The van der Waals surface area contributed by atoms with Crippen LogP contribution in [-0.2, 0) is 0 Å². The highest BCUT2D eigenvalue weighted by atomic mass is 16.4. The largest absolute Gasteiger partial charge is 0.422 e. The molecule has 0 radical (unpaired) electrons. The summed E-state index contributed by atoms with van der Waals surface area (Å²) >= 11 is 0. The lowest BCUT2D eigenvalue weighted by atomic mass is 10.1. The molecule has 2 heterocycles. The molecule has 2 aromatic rings. The van der Waals surface area contributed by atoms with Gasteiger partial charge in [0, 0.05) is 31.6 Å². The molecule has 0 spiro atoms. The highest BCUT2D eigenvalue weighted by molar-refractivity contribution is 5.99. The van der Waals surface area contributed by atoms with Gasteiger partial charge in [0.25, 0.3) is 0 Å². The molecule has 0 saturated carbocycles. The third kappa shape index (κ3) is 2.45. The van der Waals surface area contributed by atoms with E-state index in [9.17, 15) is 9.59 Å². The molecule has 5 nitrogen and oxygen atoms in total. The summed E-state index contributed by atoms with van der Waals surface area (Å²) in [4.78, 5) is 27.8. The molecular formula is C16H18N2O3. The Morgan fingerprint density at radius 2 is 1.90 bits per heavy atom. The molecule has 0 amide bonds. The molecule has 1 saturated heterocycles. The molecule has 1 aromatic heterocycles. The maximum Gasteiger partial charge on any atom is 0.349 e. The topological polar surface area (TPSA) is 53.8 Å². The number of benzene rings is 1. The number of rotatable bonds is 3. The summed E-state index contributed by atoms with van der Waals surface area (Å²) in [7, 11) is 0. The fourth-order valence-corrected chi connectivity index (χ4v) is 2.88. The van der Waals surface area contributed by atoms with Crippen LogP contribution in [-0.4, -0.2) is 43.9 Å². The molecule has 5 heteroatoms. The maximum absolute atomic E-state index is 12.0. The Labute approximate surface area is 122 Å². The molecule has 0 atom stereocenters. The second kappa shape index (κ2) is 5.69. The van der Waals surface area contributed by atoms with Crippen LogP contribution in [0.2, 0.25) is 0 Å². The van der Waals surface area contributed by atoms with Crippen LogP contribution in [0.4, 0.5) is 5.69 Å². The average Bonchev–Trinajstić information content (AvgIpc) is 2.53. The summed E-state index contributed by atoms with van der Waals surface area (Å²) in [5.74, 6) is 0. The number of carbonyl (C=O) groups is 1. The number of hydrogen-bond donors (Lipinski definition) is 0. The van der Waals surface area contributed by atoms with E-state index < -0.39 is 5.63 Å². The average molecular weight is 286 g/mol. The highest BCUT2D eigenvalue weighted by Gasteiger charge is 2.23. The van der Waals surface area contributed by atoms with Crippen LogP contribution >= 0.6 is 0 Å². The van der Waals surface area contributed by atoms with Crippen molar-refractivity contribution >= 4 is 22.9 Å². The minimum absolute atomic E-state index is 0.124. The second-order valence-corrected chi connectivity index (χ2v) is 5.19. The number of carbonyl (C=O) groups excluding carboxylic acids is 1. The maximum atomic E-state index is 12.0. The van der Waals surface area contributed by atoms with Gasteiger partial charge in [0.1, 0.15) is 11.1 Å². The number of aldehydes is 1. The van der Waals surface area contributed by atoms with Gasteiger partial charge >= 0.3 is 5.63 Å². The third-order valence-corrected chi connectivity index (χ3v) is 4.07. The predicted molar refractivity (Wildman–Crippen MR) is 82.2 cm³/mol. The lowest BCUT2D eigenvalue weighted by Crippen LogP contribution is -2.46. The zero-order valence-corrected chi connectivity index (χ0v) is 12.0. The Kier molecular flexibility index (Phi) is 3.75. The predicted octanol–water partition coefficient (Wildman–Crippen LogP) is 1.75. The lowest BCUT2D eigenvalue weighted by molar-refractivity contribution is 0.112. The SMILES string of the molecule is CCN1CCN(c2c(C=O)c(=O)oc3ccccc23)CC1. The van der Waals surface area contributed by atoms with Crippen molar-refractivity contribution in [3.63, 3.8) is 0 Å². The standard InChI is InChI=1S/C16H18N2O3/c1-2-17-7-9-18(10-8-17)15-12-5-3-4-6-14(12)21-16(20)13(15)11-19/h3-6,11H,2,7-10H2,1H3. The van der Waals surface area contributed by atoms with Gasteiger partial charge in [-0.3, -0.25) is 4.79 Å². The zero-order chi connectivity index (χ0) is 14.8. The Morgan fingerprint density at radius 1 is 1.19 bits per heavy atom. The van der Waals surface area contributed by atoms with Crippen molar-refractivity contribution in [2.45, 2.75) is 6.92 Å². The first-order valence-electron chi connectivity index (χ1n) is 7.23. The molecule has 21 heavy (non-hydrogen) atoms. The first kappa shape index (κ1) is 13.8. The smallest absolute Gasteiger partial charge is 0.349 e. The first-order chi connectivity index (χ1) is 10.2. The molecule has 0 bridgehead atoms. The van der Waals surface area contributed by atoms with Crippen molar-refractivity contribution in [1.29, 1.82) is 0 Å². The Morgan fingerprint density at radius 3 is 2.57 bits per heavy atom. The van der Waals surface area contributed by atoms with Crippen molar-refractivity contribution in [2.75, 3.05) is 37.6 Å². The lowest BCUT2D eigenvalue weighted by Gasteiger charge is -2.36. The van der Waals surface area contributed by atoms with Crippen LogP contribution in [0.5, 0.6) is 0 Å². The second-order valence-electron chi connectivity index (χ2n) is 5.19. The molecule has 0 N–H and O–H groups in total. The molecule has 110 valence electrons. The van der Waals surface area contributed by atoms with Gasteiger partial charge in [-0.15, -0.1) is 0 Å². The molecule has 1 aliphatic rings. The highest BCUT2D eigenvalue weighted by Crippen LogP contribution is 2.28. The number of fused-ring (bicyclic) bond motifs is 1. The Balaban J connectivity index is 2.12. The van der Waals surface area contributed by atoms with Crippen molar-refractivity contribution < 1.29 is 9.21 Å². The van der Waals surface area contributed by atoms with Gasteiger partial charge in [-0.2, -0.15) is 0 Å². The van der Waals surface area contributed by atoms with E-state index in [1.807, 2.05) is 18.2 Å². The van der Waals surface area contributed by atoms with Gasteiger partial charge in [0.15, 0.2) is 6.29 Å². The van der Waals surface area contributed by atoms with E-state index in [1.54, 1.807) is 6.07 Å². The minimum Gasteiger partial charge on any atom is -0.422 e. The van der Waals surface area contributed by atoms with Crippen LogP contribution in [0, 0.1) is 0 Å². The summed E-state index contributed by atoms with van der Waals surface area (Å²) in [5, 5.41) is 0.823. The van der Waals surface area contributed by atoms with Crippen LogP contribution in [0.3, 0.4) is 0 Å². The van der Waals surface area contributed by atoms with E-state index in [0.29, 0.717) is 17.6 Å². The van der Waals surface area contributed by atoms with Crippen molar-refractivity contribution in [2.24, 2.45) is 0 Å². The van der Waals surface area contributed by atoms with E-state index in [4.69, 9.17) is 4.42 Å². The Hall–Kier alpha value is -2.14. The summed E-state index contributed by atoms with van der Waals surface area (Å²) in [5.41, 5.74) is 0.809. The van der Waals surface area contributed by atoms with Crippen LogP contribution in [0.25, 0.3) is 11.0 Å². The third-order valence-electron chi connectivity index (χ3n) is 4.07. The van der Waals surface area contributed by atoms with Gasteiger partial charge in [-0.1, -0.05) is 19.1 Å². The van der Waals surface area contributed by atoms with Gasteiger partial charge in [-0.25, -0.2) is 4.79 Å². The van der Waals surface area contributed by atoms with E-state index >= 15 is 0 Å². The van der Waals surface area contributed by atoms with Crippen LogP contribution in [0.15, 0.2) is 33.5 Å². The van der Waals surface area contributed by atoms with Gasteiger partial charge in [-0.05, 0) is 18.7 Å². The van der Waals surface area contributed by atoms with Crippen molar-refractivity contribution in [1.82, 2.24) is 4.90 Å². The first-order valence-corrected chi connectivity index (χ1v) is 7.23. The molecule has 1 aromatic carbocycles. The normalized spacial score (nSPS) is 16.3. The number of piperazine rings is 1. The number of para-hydroxylation sites is 1. The Bertz CT molecular complexity index is 715. The van der Waals surface area contributed by atoms with E-state index in [0.717, 1.165) is 38.1 Å². The fourth-order valence-electron chi connectivity index (χ4n) is 2.88. The number of hydrogen-bond acceptors (Lipinski definition) is 5. The summed E-state index contributed by atoms with van der Waals surface area (Å²) in [6, 6.07) is 7.37. The molecule has 0 aliphatic carbocycles. The molecular weight excluding hydrogens is 268 g/mol. The van der Waals surface area contributed by atoms with Gasteiger partial charge in [0.2, 0.25) is 0 Å². The fraction of sp³-hybridized carbons (Fsp3) is 0.375. The van der Waals surface area contributed by atoms with E-state index in [1.165, 1.54) is 0 Å². The number of nitrogens with zero attached hydrogens (tertiary/aromatic N) is 2. The minimum atomic E-state index is -0.559. The van der Waals surface area contributed by atoms with Crippen molar-refractivity contribution in [3.05, 3.63) is 40.2 Å². The van der Waals surface area contributed by atoms with Crippen LogP contribution < -0.4 is 10.5 Å². The summed E-state index contributed by atoms with van der Waals surface area (Å²) in [6.07, 6.45) is 0.611. The quantitative estimate of drug-likeness (QED) is 0.635. The summed E-state index contributed by atoms with van der Waals surface area (Å²) in [6.45, 7) is 6.64. The number of likely N-dealkylation sites (N-methyl/N-ethyl adjacent to an activating group) is 1. The molecule has 1 fully saturated rings. The van der Waals surface area contributed by atoms with Crippen molar-refractivity contribution in [3.8, 4) is 0 Å².